The van der Waals surface area contributed by atoms with Crippen LogP contribution in [0.3, 0.4) is 0 Å². The topological polar surface area (TPSA) is 76.9 Å². The molecular weight excluding hydrogens is 319 g/mol. The molecular formula is C12H14ClFN4O2S. The Kier molecular flexibility index (Phi) is 4.20. The normalized spacial score (nSPS) is 11.9. The first-order valence-electron chi connectivity index (χ1n) is 6.10. The van der Waals surface area contributed by atoms with E-state index >= 15 is 0 Å². The molecule has 0 bridgehead atoms. The van der Waals surface area contributed by atoms with Gasteiger partial charge in [-0.05, 0) is 26.8 Å². The van der Waals surface area contributed by atoms with Crippen molar-refractivity contribution in [2.75, 3.05) is 4.72 Å². The highest BCUT2D eigenvalue weighted by Gasteiger charge is 2.19. The standard InChI is InChI=1S/C12H14ClFN4O2S/c1-7(2)18-8(3)4-11(16-18)17-21(19,20)9-5-10(13)12(14)15-6-9/h4-7H,1-3H3,(H,16,17). The van der Waals surface area contributed by atoms with Crippen molar-refractivity contribution in [2.45, 2.75) is 31.7 Å². The Morgan fingerprint density at radius 2 is 2.05 bits per heavy atom. The Morgan fingerprint density at radius 1 is 1.38 bits per heavy atom. The molecule has 2 aromatic rings. The van der Waals surface area contributed by atoms with Gasteiger partial charge in [0.2, 0.25) is 5.95 Å². The van der Waals surface area contributed by atoms with Crippen LogP contribution in [0.15, 0.2) is 23.2 Å². The maximum absolute atomic E-state index is 13.0. The summed E-state index contributed by atoms with van der Waals surface area (Å²) in [6.45, 7) is 5.69. The summed E-state index contributed by atoms with van der Waals surface area (Å²) in [5, 5.41) is 3.80. The molecule has 21 heavy (non-hydrogen) atoms. The molecule has 1 N–H and O–H groups in total. The average Bonchev–Trinajstić information content (AvgIpc) is 2.72. The Hall–Kier alpha value is -1.67. The number of anilines is 1. The number of sulfonamides is 1. The van der Waals surface area contributed by atoms with Gasteiger partial charge in [0.05, 0.1) is 11.2 Å². The van der Waals surface area contributed by atoms with Crippen LogP contribution < -0.4 is 4.72 Å². The SMILES string of the molecule is Cc1cc(NS(=O)(=O)c2cnc(F)c(Cl)c2)nn1C(C)C. The number of halogens is 2. The zero-order valence-electron chi connectivity index (χ0n) is 11.6. The third kappa shape index (κ3) is 3.33. The van der Waals surface area contributed by atoms with Crippen LogP contribution in [-0.2, 0) is 10.0 Å². The molecule has 0 aliphatic carbocycles. The summed E-state index contributed by atoms with van der Waals surface area (Å²) in [5.74, 6) is -0.739. The lowest BCUT2D eigenvalue weighted by molar-refractivity contribution is 0.521. The summed E-state index contributed by atoms with van der Waals surface area (Å²) < 4.78 is 41.3. The first kappa shape index (κ1) is 15.7. The van der Waals surface area contributed by atoms with E-state index in [4.69, 9.17) is 11.6 Å². The predicted molar refractivity (Wildman–Crippen MR) is 77.4 cm³/mol. The molecule has 2 rings (SSSR count). The number of pyridine rings is 1. The van der Waals surface area contributed by atoms with Crippen molar-refractivity contribution in [3.8, 4) is 0 Å². The smallest absolute Gasteiger partial charge is 0.264 e. The largest absolute Gasteiger partial charge is 0.265 e. The lowest BCUT2D eigenvalue weighted by Crippen LogP contribution is -2.14. The van der Waals surface area contributed by atoms with Crippen LogP contribution >= 0.6 is 11.6 Å². The molecule has 0 spiro atoms. The summed E-state index contributed by atoms with van der Waals surface area (Å²) in [7, 11) is -3.92. The van der Waals surface area contributed by atoms with Gasteiger partial charge in [0.1, 0.15) is 4.90 Å². The molecule has 0 aliphatic heterocycles. The molecule has 0 amide bonds. The monoisotopic (exact) mass is 332 g/mol. The Morgan fingerprint density at radius 3 is 2.57 bits per heavy atom. The molecule has 114 valence electrons. The summed E-state index contributed by atoms with van der Waals surface area (Å²) in [5.41, 5.74) is 0.818. The van der Waals surface area contributed by atoms with E-state index in [1.165, 1.54) is 0 Å². The van der Waals surface area contributed by atoms with Gasteiger partial charge in [-0.2, -0.15) is 9.49 Å². The summed E-state index contributed by atoms with van der Waals surface area (Å²) in [6.07, 6.45) is 0.899. The van der Waals surface area contributed by atoms with Crippen molar-refractivity contribution in [3.05, 3.63) is 35.0 Å². The van der Waals surface area contributed by atoms with Crippen molar-refractivity contribution in [1.82, 2.24) is 14.8 Å². The molecule has 0 fully saturated rings. The zero-order chi connectivity index (χ0) is 15.8. The summed E-state index contributed by atoms with van der Waals surface area (Å²) in [4.78, 5) is 3.06. The Balaban J connectivity index is 2.33. The van der Waals surface area contributed by atoms with Gasteiger partial charge in [0.15, 0.2) is 5.82 Å². The molecule has 0 radical (unpaired) electrons. The number of nitrogens with zero attached hydrogens (tertiary/aromatic N) is 3. The van der Waals surface area contributed by atoms with Crippen molar-refractivity contribution >= 4 is 27.4 Å². The van der Waals surface area contributed by atoms with Crippen LogP contribution in [0.1, 0.15) is 25.6 Å². The van der Waals surface area contributed by atoms with Crippen LogP contribution in [0, 0.1) is 12.9 Å². The quantitative estimate of drug-likeness (QED) is 0.873. The number of aromatic nitrogens is 3. The zero-order valence-corrected chi connectivity index (χ0v) is 13.2. The molecule has 2 heterocycles. The third-order valence-corrected chi connectivity index (χ3v) is 4.32. The molecule has 2 aromatic heterocycles. The van der Waals surface area contributed by atoms with E-state index in [1.807, 2.05) is 20.8 Å². The highest BCUT2D eigenvalue weighted by molar-refractivity contribution is 7.92. The number of rotatable bonds is 4. The fraction of sp³-hybridized carbons (Fsp3) is 0.333. The minimum atomic E-state index is -3.92. The third-order valence-electron chi connectivity index (χ3n) is 2.73. The summed E-state index contributed by atoms with van der Waals surface area (Å²) >= 11 is 5.54. The Bertz CT molecular complexity index is 774. The molecule has 9 heteroatoms. The minimum Gasteiger partial charge on any atom is -0.265 e. The van der Waals surface area contributed by atoms with Gasteiger partial charge >= 0.3 is 0 Å². The lowest BCUT2D eigenvalue weighted by atomic mass is 10.4. The van der Waals surface area contributed by atoms with Crippen LogP contribution in [0.5, 0.6) is 0 Å². The van der Waals surface area contributed by atoms with Gasteiger partial charge < -0.3 is 0 Å². The van der Waals surface area contributed by atoms with E-state index in [-0.39, 0.29) is 21.8 Å². The van der Waals surface area contributed by atoms with E-state index in [1.54, 1.807) is 10.7 Å². The lowest BCUT2D eigenvalue weighted by Gasteiger charge is -2.08. The van der Waals surface area contributed by atoms with Crippen molar-refractivity contribution in [1.29, 1.82) is 0 Å². The first-order chi connectivity index (χ1) is 9.70. The molecule has 0 saturated carbocycles. The second-order valence-corrected chi connectivity index (χ2v) is 6.85. The number of hydrogen-bond acceptors (Lipinski definition) is 4. The second kappa shape index (κ2) is 5.61. The van der Waals surface area contributed by atoms with Crippen LogP contribution in [0.25, 0.3) is 0 Å². The molecule has 0 aromatic carbocycles. The van der Waals surface area contributed by atoms with Gasteiger partial charge in [-0.25, -0.2) is 13.4 Å². The van der Waals surface area contributed by atoms with Gasteiger partial charge in [-0.3, -0.25) is 9.40 Å². The Labute approximate surface area is 127 Å². The predicted octanol–water partition coefficient (Wildman–Crippen LogP) is 2.76. The minimum absolute atomic E-state index is 0.102. The molecule has 0 saturated heterocycles. The summed E-state index contributed by atoms with van der Waals surface area (Å²) in [6, 6.07) is 2.71. The average molecular weight is 333 g/mol. The maximum atomic E-state index is 13.0. The van der Waals surface area contributed by atoms with Crippen molar-refractivity contribution in [2.24, 2.45) is 0 Å². The molecule has 6 nitrogen and oxygen atoms in total. The number of aryl methyl sites for hydroxylation is 1. The van der Waals surface area contributed by atoms with Gasteiger partial charge in [-0.1, -0.05) is 11.6 Å². The van der Waals surface area contributed by atoms with Gasteiger partial charge in [-0.15, -0.1) is 0 Å². The van der Waals surface area contributed by atoms with Crippen LogP contribution in [-0.4, -0.2) is 23.2 Å². The van der Waals surface area contributed by atoms with E-state index in [0.717, 1.165) is 18.0 Å². The molecule has 0 unspecified atom stereocenters. The number of hydrogen-bond donors (Lipinski definition) is 1. The van der Waals surface area contributed by atoms with Crippen molar-refractivity contribution in [3.63, 3.8) is 0 Å². The van der Waals surface area contributed by atoms with E-state index < -0.39 is 16.0 Å². The maximum Gasteiger partial charge on any atom is 0.264 e. The van der Waals surface area contributed by atoms with Crippen molar-refractivity contribution < 1.29 is 12.8 Å². The number of nitrogens with one attached hydrogen (secondary N) is 1. The molecule has 0 atom stereocenters. The fourth-order valence-electron chi connectivity index (χ4n) is 1.81. The fourth-order valence-corrected chi connectivity index (χ4v) is 3.00. The van der Waals surface area contributed by atoms with Crippen LogP contribution in [0.4, 0.5) is 10.2 Å². The highest BCUT2D eigenvalue weighted by Crippen LogP contribution is 2.21. The highest BCUT2D eigenvalue weighted by atomic mass is 35.5. The van der Waals surface area contributed by atoms with Crippen LogP contribution in [0.2, 0.25) is 5.02 Å². The van der Waals surface area contributed by atoms with E-state index in [9.17, 15) is 12.8 Å². The second-order valence-electron chi connectivity index (χ2n) is 4.76. The van der Waals surface area contributed by atoms with Gasteiger partial charge in [0.25, 0.3) is 10.0 Å². The van der Waals surface area contributed by atoms with E-state index in [2.05, 4.69) is 14.8 Å². The molecule has 0 aliphatic rings. The first-order valence-corrected chi connectivity index (χ1v) is 7.97. The van der Waals surface area contributed by atoms with Gasteiger partial charge in [0, 0.05) is 17.8 Å². The van der Waals surface area contributed by atoms with E-state index in [0.29, 0.717) is 0 Å².